The molecule has 1 heterocycles. The molecule has 2 rings (SSSR count). The van der Waals surface area contributed by atoms with Crippen LogP contribution in [0.4, 0.5) is 5.69 Å². The summed E-state index contributed by atoms with van der Waals surface area (Å²) in [5.41, 5.74) is 0.561. The molecule has 0 aliphatic carbocycles. The van der Waals surface area contributed by atoms with Gasteiger partial charge in [0.2, 0.25) is 0 Å². The molecule has 0 amide bonds. The largest absolute Gasteiger partial charge is 0.396 e. The van der Waals surface area contributed by atoms with Gasteiger partial charge in [-0.1, -0.05) is 0 Å². The number of halogens is 1. The first-order valence-electron chi connectivity index (χ1n) is 5.97. The number of anilines is 1. The molecule has 1 fully saturated rings. The molecular formula is C13H18INO2. The number of nitrogens with zero attached hydrogens (tertiary/aromatic N) is 1. The van der Waals surface area contributed by atoms with Crippen LogP contribution in [0.2, 0.25) is 0 Å². The van der Waals surface area contributed by atoms with Gasteiger partial charge in [0.25, 0.3) is 0 Å². The minimum absolute atomic E-state index is 0.0695. The molecule has 1 aromatic rings. The second-order valence-corrected chi connectivity index (χ2v) is 5.91. The molecule has 0 aromatic heterocycles. The summed E-state index contributed by atoms with van der Waals surface area (Å²) in [5.74, 6) is 0. The Morgan fingerprint density at radius 1 is 1.18 bits per heavy atom. The topological polar surface area (TPSA) is 43.7 Å². The van der Waals surface area contributed by atoms with Crippen molar-refractivity contribution in [1.29, 1.82) is 0 Å². The third kappa shape index (κ3) is 3.33. The molecule has 0 spiro atoms. The van der Waals surface area contributed by atoms with Gasteiger partial charge < -0.3 is 15.1 Å². The molecule has 0 atom stereocenters. The lowest BCUT2D eigenvalue weighted by Gasteiger charge is -2.39. The summed E-state index contributed by atoms with van der Waals surface area (Å²) >= 11 is 2.30. The van der Waals surface area contributed by atoms with Gasteiger partial charge >= 0.3 is 0 Å². The molecule has 1 aromatic carbocycles. The third-order valence-corrected chi connectivity index (χ3v) is 4.18. The van der Waals surface area contributed by atoms with E-state index in [0.29, 0.717) is 6.42 Å². The molecule has 0 saturated carbocycles. The van der Waals surface area contributed by atoms with E-state index >= 15 is 0 Å². The van der Waals surface area contributed by atoms with Crippen LogP contribution in [-0.4, -0.2) is 35.5 Å². The van der Waals surface area contributed by atoms with Crippen LogP contribution >= 0.6 is 22.6 Å². The minimum atomic E-state index is -0.658. The third-order valence-electron chi connectivity index (χ3n) is 3.46. The molecule has 0 bridgehead atoms. The van der Waals surface area contributed by atoms with Crippen molar-refractivity contribution < 1.29 is 10.2 Å². The first-order valence-corrected chi connectivity index (χ1v) is 7.05. The minimum Gasteiger partial charge on any atom is -0.396 e. The van der Waals surface area contributed by atoms with Gasteiger partial charge in [-0.25, -0.2) is 0 Å². The summed E-state index contributed by atoms with van der Waals surface area (Å²) in [7, 11) is 0. The standard InChI is InChI=1S/C13H18INO2/c14-11-1-3-12(4-2-11)15-8-5-13(17,6-9-15)7-10-16/h1-4,16-17H,5-10H2. The van der Waals surface area contributed by atoms with Crippen molar-refractivity contribution >= 4 is 28.3 Å². The second kappa shape index (κ2) is 5.54. The van der Waals surface area contributed by atoms with E-state index < -0.39 is 5.60 Å². The average molecular weight is 347 g/mol. The van der Waals surface area contributed by atoms with Gasteiger partial charge in [-0.3, -0.25) is 0 Å². The van der Waals surface area contributed by atoms with Crippen molar-refractivity contribution in [2.75, 3.05) is 24.6 Å². The smallest absolute Gasteiger partial charge is 0.0703 e. The Morgan fingerprint density at radius 3 is 2.29 bits per heavy atom. The van der Waals surface area contributed by atoms with Gasteiger partial charge in [0.1, 0.15) is 0 Å². The molecule has 1 aliphatic rings. The summed E-state index contributed by atoms with van der Waals surface area (Å²) < 4.78 is 1.24. The molecule has 0 radical (unpaired) electrons. The summed E-state index contributed by atoms with van der Waals surface area (Å²) in [6, 6.07) is 8.45. The Hall–Kier alpha value is -0.330. The van der Waals surface area contributed by atoms with Crippen LogP contribution in [0.5, 0.6) is 0 Å². The highest BCUT2D eigenvalue weighted by molar-refractivity contribution is 14.1. The van der Waals surface area contributed by atoms with Gasteiger partial charge in [-0.05, 0) is 66.1 Å². The average Bonchev–Trinajstić information content (AvgIpc) is 2.31. The number of hydrogen-bond acceptors (Lipinski definition) is 3. The van der Waals surface area contributed by atoms with Crippen LogP contribution in [0.3, 0.4) is 0 Å². The number of piperidine rings is 1. The van der Waals surface area contributed by atoms with Gasteiger partial charge in [0, 0.05) is 29.0 Å². The molecular weight excluding hydrogens is 329 g/mol. The maximum absolute atomic E-state index is 10.2. The number of benzene rings is 1. The van der Waals surface area contributed by atoms with Crippen molar-refractivity contribution in [3.63, 3.8) is 0 Å². The Morgan fingerprint density at radius 2 is 1.76 bits per heavy atom. The van der Waals surface area contributed by atoms with Crippen LogP contribution < -0.4 is 4.90 Å². The lowest BCUT2D eigenvalue weighted by Crippen LogP contribution is -2.44. The highest BCUT2D eigenvalue weighted by atomic mass is 127. The molecule has 3 nitrogen and oxygen atoms in total. The Bertz CT molecular complexity index is 358. The van der Waals surface area contributed by atoms with Gasteiger partial charge in [-0.15, -0.1) is 0 Å². The van der Waals surface area contributed by atoms with E-state index in [9.17, 15) is 5.11 Å². The SMILES string of the molecule is OCCC1(O)CCN(c2ccc(I)cc2)CC1. The van der Waals surface area contributed by atoms with E-state index in [0.717, 1.165) is 25.9 Å². The van der Waals surface area contributed by atoms with Crippen LogP contribution in [-0.2, 0) is 0 Å². The monoisotopic (exact) mass is 347 g/mol. The van der Waals surface area contributed by atoms with Crippen LogP contribution in [0, 0.1) is 3.57 Å². The second-order valence-electron chi connectivity index (χ2n) is 4.66. The molecule has 4 heteroatoms. The number of aliphatic hydroxyl groups excluding tert-OH is 1. The molecule has 1 aliphatic heterocycles. The highest BCUT2D eigenvalue weighted by Crippen LogP contribution is 2.28. The Labute approximate surface area is 116 Å². The van der Waals surface area contributed by atoms with Gasteiger partial charge in [-0.2, -0.15) is 0 Å². The fourth-order valence-corrected chi connectivity index (χ4v) is 2.65. The van der Waals surface area contributed by atoms with Crippen molar-refractivity contribution in [2.24, 2.45) is 0 Å². The normalized spacial score (nSPS) is 19.4. The zero-order valence-corrected chi connectivity index (χ0v) is 11.9. The van der Waals surface area contributed by atoms with E-state index in [1.807, 2.05) is 0 Å². The predicted molar refractivity (Wildman–Crippen MR) is 77.3 cm³/mol. The first kappa shape index (κ1) is 13.1. The van der Waals surface area contributed by atoms with Crippen molar-refractivity contribution in [2.45, 2.75) is 24.9 Å². The van der Waals surface area contributed by atoms with Gasteiger partial charge in [0.15, 0.2) is 0 Å². The van der Waals surface area contributed by atoms with Crippen molar-refractivity contribution in [3.8, 4) is 0 Å². The molecule has 1 saturated heterocycles. The number of hydrogen-bond donors (Lipinski definition) is 2. The maximum Gasteiger partial charge on any atom is 0.0703 e. The van der Waals surface area contributed by atoms with E-state index in [1.54, 1.807) is 0 Å². The highest BCUT2D eigenvalue weighted by Gasteiger charge is 2.31. The Kier molecular flexibility index (Phi) is 4.27. The van der Waals surface area contributed by atoms with E-state index in [2.05, 4.69) is 51.8 Å². The molecule has 2 N–H and O–H groups in total. The van der Waals surface area contributed by atoms with Gasteiger partial charge in [0.05, 0.1) is 5.60 Å². The lowest BCUT2D eigenvalue weighted by molar-refractivity contribution is -0.00533. The zero-order valence-electron chi connectivity index (χ0n) is 9.77. The van der Waals surface area contributed by atoms with E-state index in [-0.39, 0.29) is 6.61 Å². The van der Waals surface area contributed by atoms with Crippen molar-refractivity contribution in [1.82, 2.24) is 0 Å². The maximum atomic E-state index is 10.2. The van der Waals surface area contributed by atoms with E-state index in [4.69, 9.17) is 5.11 Å². The molecule has 0 unspecified atom stereocenters. The van der Waals surface area contributed by atoms with Crippen molar-refractivity contribution in [3.05, 3.63) is 27.8 Å². The lowest BCUT2D eigenvalue weighted by atomic mass is 9.88. The quantitative estimate of drug-likeness (QED) is 0.823. The fourth-order valence-electron chi connectivity index (χ4n) is 2.29. The van der Waals surface area contributed by atoms with Crippen LogP contribution in [0.1, 0.15) is 19.3 Å². The summed E-state index contributed by atoms with van der Waals surface area (Å²) in [6.07, 6.45) is 1.96. The Balaban J connectivity index is 1.97. The summed E-state index contributed by atoms with van der Waals surface area (Å²) in [6.45, 7) is 1.79. The fraction of sp³-hybridized carbons (Fsp3) is 0.538. The summed E-state index contributed by atoms with van der Waals surface area (Å²) in [5, 5.41) is 19.1. The predicted octanol–water partition coefficient (Wildman–Crippen LogP) is 2.00. The number of aliphatic hydroxyl groups is 2. The van der Waals surface area contributed by atoms with E-state index in [1.165, 1.54) is 9.26 Å². The van der Waals surface area contributed by atoms with Crippen LogP contribution in [0.25, 0.3) is 0 Å². The van der Waals surface area contributed by atoms with Crippen LogP contribution in [0.15, 0.2) is 24.3 Å². The summed E-state index contributed by atoms with van der Waals surface area (Å²) in [4.78, 5) is 2.29. The molecule has 94 valence electrons. The number of rotatable bonds is 3. The zero-order chi connectivity index (χ0) is 12.3. The first-order chi connectivity index (χ1) is 8.13. The molecule has 17 heavy (non-hydrogen) atoms.